The summed E-state index contributed by atoms with van der Waals surface area (Å²) in [5.74, 6) is -0.582. The van der Waals surface area contributed by atoms with Crippen molar-refractivity contribution in [3.63, 3.8) is 0 Å². The number of methoxy groups -OCH3 is 1. The average Bonchev–Trinajstić information content (AvgIpc) is 2.86. The van der Waals surface area contributed by atoms with Gasteiger partial charge in [-0.25, -0.2) is 4.79 Å². The highest BCUT2D eigenvalue weighted by Gasteiger charge is 2.55. The average molecular weight is 266 g/mol. The number of halogens is 3. The van der Waals surface area contributed by atoms with Crippen molar-refractivity contribution < 1.29 is 22.7 Å². The molecule has 2 atom stereocenters. The van der Waals surface area contributed by atoms with Gasteiger partial charge in [0.25, 0.3) is 0 Å². The monoisotopic (exact) mass is 266 g/mol. The molecule has 2 fully saturated rings. The van der Waals surface area contributed by atoms with Crippen LogP contribution >= 0.6 is 0 Å². The Kier molecular flexibility index (Phi) is 3.55. The molecule has 7 heteroatoms. The van der Waals surface area contributed by atoms with E-state index in [1.807, 2.05) is 0 Å². The molecule has 2 aliphatic rings. The summed E-state index contributed by atoms with van der Waals surface area (Å²) in [5, 5.41) is 2.42. The highest BCUT2D eigenvalue weighted by molar-refractivity contribution is 5.82. The predicted octanol–water partition coefficient (Wildman–Crippen LogP) is 0.918. The molecule has 0 radical (unpaired) electrons. The lowest BCUT2D eigenvalue weighted by molar-refractivity contribution is -0.154. The third-order valence-electron chi connectivity index (χ3n) is 3.88. The molecule has 0 spiro atoms. The van der Waals surface area contributed by atoms with Gasteiger partial charge in [0.2, 0.25) is 0 Å². The molecule has 0 aliphatic carbocycles. The number of nitrogens with zero attached hydrogens (tertiary/aromatic N) is 1. The topological polar surface area (TPSA) is 41.6 Å². The van der Waals surface area contributed by atoms with Crippen molar-refractivity contribution >= 4 is 5.97 Å². The number of rotatable bonds is 3. The molecule has 0 aromatic heterocycles. The SMILES string of the molecule is COC(=O)C1(NCC(F)(F)F)CCN2CCCC21. The molecule has 0 aromatic carbocycles. The highest BCUT2D eigenvalue weighted by Crippen LogP contribution is 2.37. The maximum absolute atomic E-state index is 12.4. The normalized spacial score (nSPS) is 32.6. The van der Waals surface area contributed by atoms with Crippen LogP contribution in [0.1, 0.15) is 19.3 Å². The fourth-order valence-electron chi connectivity index (χ4n) is 3.09. The second kappa shape index (κ2) is 4.70. The molecule has 0 bridgehead atoms. The number of alkyl halides is 3. The van der Waals surface area contributed by atoms with Crippen molar-refractivity contribution in [2.45, 2.75) is 37.0 Å². The van der Waals surface area contributed by atoms with E-state index in [1.54, 1.807) is 0 Å². The summed E-state index contributed by atoms with van der Waals surface area (Å²) in [4.78, 5) is 14.0. The standard InChI is InChI=1S/C11H17F3N2O2/c1-18-9(17)10(15-7-11(12,13)14)4-6-16-5-2-3-8(10)16/h8,15H,2-7H2,1H3. The van der Waals surface area contributed by atoms with Crippen LogP contribution in [-0.4, -0.2) is 55.4 Å². The van der Waals surface area contributed by atoms with Crippen molar-refractivity contribution in [2.24, 2.45) is 0 Å². The van der Waals surface area contributed by atoms with Crippen molar-refractivity contribution in [3.8, 4) is 0 Å². The minimum Gasteiger partial charge on any atom is -0.468 e. The summed E-state index contributed by atoms with van der Waals surface area (Å²) in [7, 11) is 1.22. The molecule has 2 rings (SSSR count). The quantitative estimate of drug-likeness (QED) is 0.771. The minimum absolute atomic E-state index is 0.174. The molecular weight excluding hydrogens is 249 g/mol. The third-order valence-corrected chi connectivity index (χ3v) is 3.88. The molecule has 18 heavy (non-hydrogen) atoms. The zero-order valence-electron chi connectivity index (χ0n) is 10.2. The van der Waals surface area contributed by atoms with Gasteiger partial charge in [-0.15, -0.1) is 0 Å². The highest BCUT2D eigenvalue weighted by atomic mass is 19.4. The molecule has 2 saturated heterocycles. The molecule has 4 nitrogen and oxygen atoms in total. The second-order valence-corrected chi connectivity index (χ2v) is 4.88. The first-order chi connectivity index (χ1) is 8.39. The van der Waals surface area contributed by atoms with Crippen LogP contribution < -0.4 is 5.32 Å². The molecule has 0 amide bonds. The predicted molar refractivity (Wildman–Crippen MR) is 58.0 cm³/mol. The van der Waals surface area contributed by atoms with Gasteiger partial charge in [-0.1, -0.05) is 0 Å². The Morgan fingerprint density at radius 2 is 2.22 bits per heavy atom. The Bertz CT molecular complexity index is 335. The van der Waals surface area contributed by atoms with Crippen LogP contribution in [0.2, 0.25) is 0 Å². The van der Waals surface area contributed by atoms with Gasteiger partial charge in [-0.2, -0.15) is 13.2 Å². The number of hydrogen-bond acceptors (Lipinski definition) is 4. The van der Waals surface area contributed by atoms with Crippen LogP contribution in [0.3, 0.4) is 0 Å². The van der Waals surface area contributed by atoms with Gasteiger partial charge in [0.05, 0.1) is 13.7 Å². The number of carbonyl (C=O) groups excluding carboxylic acids is 1. The fourth-order valence-corrected chi connectivity index (χ4v) is 3.09. The minimum atomic E-state index is -4.33. The Labute approximate surface area is 103 Å². The number of ether oxygens (including phenoxy) is 1. The van der Waals surface area contributed by atoms with Crippen molar-refractivity contribution in [1.82, 2.24) is 10.2 Å². The maximum atomic E-state index is 12.4. The van der Waals surface area contributed by atoms with E-state index >= 15 is 0 Å². The first-order valence-corrected chi connectivity index (χ1v) is 6.03. The van der Waals surface area contributed by atoms with Gasteiger partial charge >= 0.3 is 12.1 Å². The Morgan fingerprint density at radius 3 is 2.83 bits per heavy atom. The summed E-state index contributed by atoms with van der Waals surface area (Å²) < 4.78 is 41.8. The van der Waals surface area contributed by atoms with Crippen LogP contribution in [0.5, 0.6) is 0 Å². The van der Waals surface area contributed by atoms with Crippen LogP contribution in [0, 0.1) is 0 Å². The first kappa shape index (κ1) is 13.6. The molecular formula is C11H17F3N2O2. The summed E-state index contributed by atoms with van der Waals surface area (Å²) in [6.45, 7) is 0.328. The lowest BCUT2D eigenvalue weighted by Gasteiger charge is -2.33. The zero-order valence-corrected chi connectivity index (χ0v) is 10.2. The van der Waals surface area contributed by atoms with Gasteiger partial charge in [-0.3, -0.25) is 10.2 Å². The second-order valence-electron chi connectivity index (χ2n) is 4.88. The van der Waals surface area contributed by atoms with Gasteiger partial charge < -0.3 is 4.74 Å². The Hall–Kier alpha value is -0.820. The van der Waals surface area contributed by atoms with E-state index in [0.29, 0.717) is 13.0 Å². The zero-order chi connectivity index (χ0) is 13.4. The molecule has 0 aromatic rings. The van der Waals surface area contributed by atoms with E-state index in [0.717, 1.165) is 19.4 Å². The van der Waals surface area contributed by atoms with Gasteiger partial charge in [0, 0.05) is 12.6 Å². The van der Waals surface area contributed by atoms with E-state index < -0.39 is 24.2 Å². The molecule has 2 unspecified atom stereocenters. The summed E-state index contributed by atoms with van der Waals surface area (Å²) >= 11 is 0. The molecule has 1 N–H and O–H groups in total. The van der Waals surface area contributed by atoms with Crippen LogP contribution in [0.4, 0.5) is 13.2 Å². The van der Waals surface area contributed by atoms with Crippen LogP contribution in [0.15, 0.2) is 0 Å². The van der Waals surface area contributed by atoms with E-state index in [1.165, 1.54) is 7.11 Å². The van der Waals surface area contributed by atoms with E-state index in [9.17, 15) is 18.0 Å². The lowest BCUT2D eigenvalue weighted by Crippen LogP contribution is -2.61. The lowest BCUT2D eigenvalue weighted by atomic mass is 9.88. The summed E-state index contributed by atoms with van der Waals surface area (Å²) in [5.41, 5.74) is -1.19. The Balaban J connectivity index is 2.16. The Morgan fingerprint density at radius 1 is 1.50 bits per heavy atom. The van der Waals surface area contributed by atoms with Gasteiger partial charge in [0.1, 0.15) is 5.54 Å². The van der Waals surface area contributed by atoms with E-state index in [2.05, 4.69) is 10.2 Å². The number of esters is 1. The van der Waals surface area contributed by atoms with Crippen LogP contribution in [0.25, 0.3) is 0 Å². The van der Waals surface area contributed by atoms with Gasteiger partial charge in [-0.05, 0) is 25.8 Å². The fraction of sp³-hybridized carbons (Fsp3) is 0.909. The number of fused-ring (bicyclic) bond motifs is 1. The van der Waals surface area contributed by atoms with Crippen LogP contribution in [-0.2, 0) is 9.53 Å². The third kappa shape index (κ3) is 2.33. The van der Waals surface area contributed by atoms with Crippen molar-refractivity contribution in [1.29, 1.82) is 0 Å². The molecule has 2 heterocycles. The largest absolute Gasteiger partial charge is 0.468 e. The number of carbonyl (C=O) groups is 1. The van der Waals surface area contributed by atoms with Crippen molar-refractivity contribution in [2.75, 3.05) is 26.7 Å². The molecule has 0 saturated carbocycles. The van der Waals surface area contributed by atoms with Gasteiger partial charge in [0.15, 0.2) is 0 Å². The summed E-state index contributed by atoms with van der Waals surface area (Å²) in [6.07, 6.45) is -2.30. The number of hydrogen-bond donors (Lipinski definition) is 1. The van der Waals surface area contributed by atoms with E-state index in [4.69, 9.17) is 4.74 Å². The molecule has 2 aliphatic heterocycles. The number of nitrogens with one attached hydrogen (secondary N) is 1. The first-order valence-electron chi connectivity index (χ1n) is 6.03. The smallest absolute Gasteiger partial charge is 0.401 e. The maximum Gasteiger partial charge on any atom is 0.401 e. The summed E-state index contributed by atoms with van der Waals surface area (Å²) in [6, 6.07) is -0.174. The van der Waals surface area contributed by atoms with Crippen molar-refractivity contribution in [3.05, 3.63) is 0 Å². The van der Waals surface area contributed by atoms with E-state index in [-0.39, 0.29) is 6.04 Å². The molecule has 104 valence electrons.